The molecule has 0 aliphatic carbocycles. The zero-order valence-electron chi connectivity index (χ0n) is 17.7. The number of likely N-dealkylation sites (tertiary alicyclic amines) is 2. The maximum absolute atomic E-state index is 13.3. The van der Waals surface area contributed by atoms with E-state index in [0.29, 0.717) is 30.1 Å². The molecule has 0 unspecified atom stereocenters. The van der Waals surface area contributed by atoms with E-state index >= 15 is 0 Å². The predicted molar refractivity (Wildman–Crippen MR) is 120 cm³/mol. The van der Waals surface area contributed by atoms with Gasteiger partial charge in [-0.05, 0) is 56.5 Å². The van der Waals surface area contributed by atoms with Crippen molar-refractivity contribution < 1.29 is 19.8 Å². The predicted octanol–water partition coefficient (Wildman–Crippen LogP) is 3.55. The smallest absolute Gasteiger partial charge is 0.290 e. The minimum Gasteiger partial charge on any atom is -0.483 e. The van der Waals surface area contributed by atoms with Crippen LogP contribution in [0.5, 0.6) is 0 Å². The highest BCUT2D eigenvalue weighted by molar-refractivity contribution is 6.34. The Hall–Kier alpha value is -2.41. The van der Waals surface area contributed by atoms with Crippen molar-refractivity contribution in [3.8, 4) is 0 Å². The Labute approximate surface area is 188 Å². The summed E-state index contributed by atoms with van der Waals surface area (Å²) in [6.45, 7) is 4.62. The summed E-state index contributed by atoms with van der Waals surface area (Å²) in [5.41, 5.74) is 1.46. The summed E-state index contributed by atoms with van der Waals surface area (Å²) in [5.74, 6) is -0.0394. The van der Waals surface area contributed by atoms with Crippen molar-refractivity contribution in [2.75, 3.05) is 26.2 Å². The maximum atomic E-state index is 13.3. The van der Waals surface area contributed by atoms with Crippen LogP contribution >= 0.6 is 11.6 Å². The lowest BCUT2D eigenvalue weighted by Crippen LogP contribution is -2.61. The number of halogens is 1. The van der Waals surface area contributed by atoms with Gasteiger partial charge >= 0.3 is 0 Å². The number of nitrogens with zero attached hydrogens (tertiary/aromatic N) is 2. The Kier molecular flexibility index (Phi) is 7.70. The van der Waals surface area contributed by atoms with Gasteiger partial charge in [-0.1, -0.05) is 54.1 Å². The second-order valence-electron chi connectivity index (χ2n) is 8.09. The standard InChI is InChI=1S/C23H27ClN2O2.CH2O2/c1-17-8-7-11-19(24)21(17)22(27)26-15-12-23(28,18-9-3-2-4-10-18)20(16-26)25-13-5-6-14-25;2-1-3/h2-4,7-11,20,28H,5-6,12-16H2,1H3;1H,(H,2,3)/t20-,23+;/m1./s1. The number of hydrogen-bond donors (Lipinski definition) is 2. The van der Waals surface area contributed by atoms with Crippen LogP contribution in [0, 0.1) is 6.92 Å². The molecule has 6 nitrogen and oxygen atoms in total. The van der Waals surface area contributed by atoms with E-state index in [0.717, 1.165) is 37.1 Å². The minimum absolute atomic E-state index is 0.0394. The highest BCUT2D eigenvalue weighted by Gasteiger charge is 2.47. The van der Waals surface area contributed by atoms with Crippen LogP contribution in [0.4, 0.5) is 0 Å². The van der Waals surface area contributed by atoms with Crippen molar-refractivity contribution in [2.45, 2.75) is 37.8 Å². The van der Waals surface area contributed by atoms with E-state index in [1.165, 1.54) is 0 Å². The third-order valence-corrected chi connectivity index (χ3v) is 6.60. The number of amides is 1. The lowest BCUT2D eigenvalue weighted by atomic mass is 9.79. The summed E-state index contributed by atoms with van der Waals surface area (Å²) >= 11 is 6.35. The van der Waals surface area contributed by atoms with Crippen LogP contribution in [0.2, 0.25) is 5.02 Å². The topological polar surface area (TPSA) is 81.1 Å². The van der Waals surface area contributed by atoms with Crippen LogP contribution in [-0.2, 0) is 10.4 Å². The maximum Gasteiger partial charge on any atom is 0.290 e. The van der Waals surface area contributed by atoms with Crippen LogP contribution in [0.3, 0.4) is 0 Å². The van der Waals surface area contributed by atoms with E-state index in [9.17, 15) is 9.90 Å². The number of benzene rings is 2. The molecule has 0 saturated carbocycles. The molecule has 2 aliphatic heterocycles. The Balaban J connectivity index is 0.000000858. The Morgan fingerprint density at radius 1 is 1.10 bits per heavy atom. The summed E-state index contributed by atoms with van der Waals surface area (Å²) in [7, 11) is 0. The first-order chi connectivity index (χ1) is 14.9. The van der Waals surface area contributed by atoms with Crippen molar-refractivity contribution in [3.05, 3.63) is 70.2 Å². The molecule has 1 amide bonds. The molecule has 2 aromatic rings. The van der Waals surface area contributed by atoms with Gasteiger partial charge in [0.05, 0.1) is 16.6 Å². The van der Waals surface area contributed by atoms with E-state index in [-0.39, 0.29) is 18.4 Å². The summed E-state index contributed by atoms with van der Waals surface area (Å²) in [6.07, 6.45) is 2.80. The van der Waals surface area contributed by atoms with Crippen molar-refractivity contribution in [3.63, 3.8) is 0 Å². The molecule has 0 spiro atoms. The Morgan fingerprint density at radius 3 is 2.35 bits per heavy atom. The van der Waals surface area contributed by atoms with Crippen molar-refractivity contribution in [1.82, 2.24) is 9.80 Å². The molecule has 4 rings (SSSR count). The number of rotatable bonds is 3. The van der Waals surface area contributed by atoms with Crippen LogP contribution in [0.1, 0.15) is 40.7 Å². The molecule has 2 saturated heterocycles. The minimum atomic E-state index is -0.947. The molecule has 2 aliphatic rings. The number of aliphatic hydroxyl groups is 1. The fourth-order valence-corrected chi connectivity index (χ4v) is 5.01. The quantitative estimate of drug-likeness (QED) is 0.707. The highest BCUT2D eigenvalue weighted by atomic mass is 35.5. The van der Waals surface area contributed by atoms with Crippen LogP contribution < -0.4 is 0 Å². The highest BCUT2D eigenvalue weighted by Crippen LogP contribution is 2.38. The molecule has 2 N–H and O–H groups in total. The normalized spacial score (nSPS) is 23.7. The van der Waals surface area contributed by atoms with Crippen molar-refractivity contribution in [2.24, 2.45) is 0 Å². The summed E-state index contributed by atoms with van der Waals surface area (Å²) < 4.78 is 0. The number of carboxylic acid groups (broad SMARTS) is 1. The average molecular weight is 445 g/mol. The van der Waals surface area contributed by atoms with Gasteiger partial charge in [0, 0.05) is 13.1 Å². The third-order valence-electron chi connectivity index (χ3n) is 6.29. The Morgan fingerprint density at radius 2 is 1.74 bits per heavy atom. The second kappa shape index (κ2) is 10.3. The van der Waals surface area contributed by atoms with Crippen LogP contribution in [-0.4, -0.2) is 64.6 Å². The van der Waals surface area contributed by atoms with Crippen molar-refractivity contribution in [1.29, 1.82) is 0 Å². The fraction of sp³-hybridized carbons (Fsp3) is 0.417. The molecule has 166 valence electrons. The van der Waals surface area contributed by atoms with Gasteiger partial charge in [0.15, 0.2) is 0 Å². The lowest BCUT2D eigenvalue weighted by molar-refractivity contribution is -0.122. The van der Waals surface area contributed by atoms with E-state index < -0.39 is 5.60 Å². The molecule has 7 heteroatoms. The fourth-order valence-electron chi connectivity index (χ4n) is 4.70. The summed E-state index contributed by atoms with van der Waals surface area (Å²) in [6, 6.07) is 15.3. The molecule has 31 heavy (non-hydrogen) atoms. The van der Waals surface area contributed by atoms with Gasteiger partial charge < -0.3 is 15.1 Å². The lowest BCUT2D eigenvalue weighted by Gasteiger charge is -2.48. The van der Waals surface area contributed by atoms with E-state index in [1.54, 1.807) is 6.07 Å². The van der Waals surface area contributed by atoms with Gasteiger partial charge in [-0.2, -0.15) is 0 Å². The summed E-state index contributed by atoms with van der Waals surface area (Å²) in [5, 5.41) is 19.1. The molecule has 0 aromatic heterocycles. The molecule has 2 heterocycles. The summed E-state index contributed by atoms with van der Waals surface area (Å²) in [4.78, 5) is 25.9. The van der Waals surface area contributed by atoms with Gasteiger partial charge in [-0.25, -0.2) is 0 Å². The van der Waals surface area contributed by atoms with Gasteiger partial charge in [0.2, 0.25) is 0 Å². The van der Waals surface area contributed by atoms with Crippen LogP contribution in [0.15, 0.2) is 48.5 Å². The monoisotopic (exact) mass is 444 g/mol. The van der Waals surface area contributed by atoms with Gasteiger partial charge in [-0.15, -0.1) is 0 Å². The Bertz CT molecular complexity index is 881. The SMILES string of the molecule is Cc1cccc(Cl)c1C(=O)N1CC[C@](O)(c2ccccc2)[C@H](N2CCCC2)C1.O=CO. The zero-order chi connectivity index (χ0) is 22.4. The van der Waals surface area contributed by atoms with Gasteiger partial charge in [0.25, 0.3) is 12.4 Å². The number of carbonyl (C=O) groups excluding carboxylic acids is 1. The molecule has 2 aromatic carbocycles. The van der Waals surface area contributed by atoms with Crippen LogP contribution in [0.25, 0.3) is 0 Å². The average Bonchev–Trinajstić information content (AvgIpc) is 3.29. The molecular weight excluding hydrogens is 416 g/mol. The van der Waals surface area contributed by atoms with Gasteiger partial charge in [-0.3, -0.25) is 14.5 Å². The molecule has 0 bridgehead atoms. The first-order valence-corrected chi connectivity index (χ1v) is 10.9. The molecule has 0 radical (unpaired) electrons. The van der Waals surface area contributed by atoms with Gasteiger partial charge in [0.1, 0.15) is 5.60 Å². The molecule has 2 atom stereocenters. The third kappa shape index (κ3) is 4.92. The largest absolute Gasteiger partial charge is 0.483 e. The van der Waals surface area contributed by atoms with E-state index in [1.807, 2.05) is 54.3 Å². The van der Waals surface area contributed by atoms with E-state index in [4.69, 9.17) is 21.5 Å². The second-order valence-corrected chi connectivity index (χ2v) is 8.49. The number of piperidine rings is 1. The number of aryl methyl sites for hydroxylation is 1. The van der Waals surface area contributed by atoms with E-state index in [2.05, 4.69) is 4.90 Å². The molecular formula is C24H29ClN2O4. The number of hydrogen-bond acceptors (Lipinski definition) is 4. The number of carbonyl (C=O) groups is 2. The zero-order valence-corrected chi connectivity index (χ0v) is 18.5. The van der Waals surface area contributed by atoms with Crippen molar-refractivity contribution >= 4 is 24.0 Å². The molecule has 2 fully saturated rings. The first-order valence-electron chi connectivity index (χ1n) is 10.6. The first kappa shape index (κ1) is 23.3.